The van der Waals surface area contributed by atoms with Crippen LogP contribution in [-0.4, -0.2) is 12.6 Å². The molecule has 0 aliphatic heterocycles. The van der Waals surface area contributed by atoms with Crippen LogP contribution in [0.4, 0.5) is 0 Å². The van der Waals surface area contributed by atoms with Crippen molar-refractivity contribution in [2.24, 2.45) is 11.8 Å². The minimum Gasteiger partial charge on any atom is -0.314 e. The Morgan fingerprint density at radius 2 is 1.83 bits per heavy atom. The molecule has 2 aliphatic rings. The van der Waals surface area contributed by atoms with Crippen LogP contribution in [0.2, 0.25) is 0 Å². The molecule has 1 aromatic rings. The molecule has 0 heterocycles. The Labute approximate surface area is 111 Å². The van der Waals surface area contributed by atoms with Gasteiger partial charge in [0.05, 0.1) is 0 Å². The van der Waals surface area contributed by atoms with Crippen molar-refractivity contribution < 1.29 is 0 Å². The highest BCUT2D eigenvalue weighted by Crippen LogP contribution is 2.35. The number of nitrogens with one attached hydrogen (secondary N) is 1. The molecule has 18 heavy (non-hydrogen) atoms. The summed E-state index contributed by atoms with van der Waals surface area (Å²) in [5.41, 5.74) is 3.04. The summed E-state index contributed by atoms with van der Waals surface area (Å²) >= 11 is 0. The molecule has 1 N–H and O–H groups in total. The summed E-state index contributed by atoms with van der Waals surface area (Å²) < 4.78 is 0. The van der Waals surface area contributed by atoms with Gasteiger partial charge in [-0.15, -0.1) is 0 Å². The summed E-state index contributed by atoms with van der Waals surface area (Å²) in [6, 6.07) is 9.78. The number of rotatable bonds is 5. The van der Waals surface area contributed by atoms with Crippen LogP contribution in [0.1, 0.15) is 43.2 Å². The van der Waals surface area contributed by atoms with Crippen molar-refractivity contribution >= 4 is 0 Å². The third-order valence-electron chi connectivity index (χ3n) is 4.81. The number of hydrogen-bond acceptors (Lipinski definition) is 1. The molecule has 0 radical (unpaired) electrons. The molecule has 2 saturated carbocycles. The van der Waals surface area contributed by atoms with E-state index in [-0.39, 0.29) is 0 Å². The Morgan fingerprint density at radius 3 is 2.61 bits per heavy atom. The molecule has 1 nitrogen and oxygen atoms in total. The molecule has 0 aromatic heterocycles. The zero-order valence-corrected chi connectivity index (χ0v) is 11.5. The van der Waals surface area contributed by atoms with Gasteiger partial charge in [0.1, 0.15) is 0 Å². The van der Waals surface area contributed by atoms with E-state index in [1.165, 1.54) is 50.6 Å². The zero-order chi connectivity index (χ0) is 12.4. The van der Waals surface area contributed by atoms with Crippen LogP contribution in [0.25, 0.3) is 0 Å². The monoisotopic (exact) mass is 243 g/mol. The van der Waals surface area contributed by atoms with E-state index in [0.29, 0.717) is 0 Å². The molecule has 3 rings (SSSR count). The molecular weight excluding hydrogens is 218 g/mol. The summed E-state index contributed by atoms with van der Waals surface area (Å²) in [5.74, 6) is 1.84. The minimum atomic E-state index is 0.865. The highest BCUT2D eigenvalue weighted by Gasteiger charge is 2.29. The largest absolute Gasteiger partial charge is 0.314 e. The maximum absolute atomic E-state index is 3.73. The first-order valence-corrected chi connectivity index (χ1v) is 7.61. The van der Waals surface area contributed by atoms with Gasteiger partial charge in [0, 0.05) is 6.04 Å². The standard InChI is InChI=1S/C17H25N/c1-13-5-2-3-6-14(13)11-15-7-4-8-16(15)12-18-17-9-10-17/h2-3,5-6,15-18H,4,7-12H2,1H3. The lowest BCUT2D eigenvalue weighted by atomic mass is 9.88. The van der Waals surface area contributed by atoms with Gasteiger partial charge in [0.2, 0.25) is 0 Å². The Balaban J connectivity index is 1.58. The van der Waals surface area contributed by atoms with E-state index in [2.05, 4.69) is 36.5 Å². The van der Waals surface area contributed by atoms with Gasteiger partial charge in [-0.2, -0.15) is 0 Å². The average Bonchev–Trinajstić information content (AvgIpc) is 3.10. The second-order valence-electron chi connectivity index (χ2n) is 6.26. The predicted octanol–water partition coefficient (Wildman–Crippen LogP) is 3.71. The second kappa shape index (κ2) is 5.44. The fraction of sp³-hybridized carbons (Fsp3) is 0.647. The molecule has 1 aromatic carbocycles. The molecule has 1 heteroatoms. The van der Waals surface area contributed by atoms with E-state index in [0.717, 1.165) is 17.9 Å². The van der Waals surface area contributed by atoms with E-state index in [1.807, 2.05) is 0 Å². The topological polar surface area (TPSA) is 12.0 Å². The van der Waals surface area contributed by atoms with Crippen LogP contribution in [0.15, 0.2) is 24.3 Å². The molecule has 2 unspecified atom stereocenters. The van der Waals surface area contributed by atoms with Crippen LogP contribution < -0.4 is 5.32 Å². The van der Waals surface area contributed by atoms with Gasteiger partial charge in [-0.25, -0.2) is 0 Å². The van der Waals surface area contributed by atoms with Gasteiger partial charge in [-0.1, -0.05) is 30.7 Å². The lowest BCUT2D eigenvalue weighted by Crippen LogP contribution is -2.27. The molecule has 2 fully saturated rings. The molecule has 98 valence electrons. The van der Waals surface area contributed by atoms with Crippen LogP contribution >= 0.6 is 0 Å². The molecule has 0 spiro atoms. The molecule has 0 saturated heterocycles. The molecule has 2 aliphatic carbocycles. The fourth-order valence-electron chi connectivity index (χ4n) is 3.38. The van der Waals surface area contributed by atoms with Gasteiger partial charge in [-0.3, -0.25) is 0 Å². The second-order valence-corrected chi connectivity index (χ2v) is 6.26. The molecule has 0 bridgehead atoms. The van der Waals surface area contributed by atoms with Crippen molar-refractivity contribution in [1.82, 2.24) is 5.32 Å². The van der Waals surface area contributed by atoms with Crippen molar-refractivity contribution in [2.45, 2.75) is 51.5 Å². The Hall–Kier alpha value is -0.820. The van der Waals surface area contributed by atoms with Gasteiger partial charge in [-0.05, 0) is 68.5 Å². The molecule has 0 amide bonds. The summed E-state index contributed by atoms with van der Waals surface area (Å²) in [7, 11) is 0. The quantitative estimate of drug-likeness (QED) is 0.831. The lowest BCUT2D eigenvalue weighted by Gasteiger charge is -2.21. The van der Waals surface area contributed by atoms with Crippen molar-refractivity contribution in [1.29, 1.82) is 0 Å². The Bertz CT molecular complexity index is 394. The summed E-state index contributed by atoms with van der Waals surface area (Å²) in [4.78, 5) is 0. The van der Waals surface area contributed by atoms with E-state index in [1.54, 1.807) is 5.56 Å². The van der Waals surface area contributed by atoms with Crippen LogP contribution in [0, 0.1) is 18.8 Å². The SMILES string of the molecule is Cc1ccccc1CC1CCCC1CNC1CC1. The van der Waals surface area contributed by atoms with Gasteiger partial charge in [0.25, 0.3) is 0 Å². The maximum Gasteiger partial charge on any atom is 0.00683 e. The zero-order valence-electron chi connectivity index (χ0n) is 11.5. The minimum absolute atomic E-state index is 0.865. The van der Waals surface area contributed by atoms with Crippen molar-refractivity contribution in [2.75, 3.05) is 6.54 Å². The Kier molecular flexibility index (Phi) is 3.69. The van der Waals surface area contributed by atoms with E-state index in [4.69, 9.17) is 0 Å². The third-order valence-corrected chi connectivity index (χ3v) is 4.81. The van der Waals surface area contributed by atoms with Gasteiger partial charge < -0.3 is 5.32 Å². The van der Waals surface area contributed by atoms with Crippen LogP contribution in [0.5, 0.6) is 0 Å². The van der Waals surface area contributed by atoms with Gasteiger partial charge >= 0.3 is 0 Å². The maximum atomic E-state index is 3.73. The Morgan fingerprint density at radius 1 is 1.06 bits per heavy atom. The first-order chi connectivity index (χ1) is 8.83. The van der Waals surface area contributed by atoms with E-state index in [9.17, 15) is 0 Å². The summed E-state index contributed by atoms with van der Waals surface area (Å²) in [5, 5.41) is 3.73. The average molecular weight is 243 g/mol. The third kappa shape index (κ3) is 2.95. The number of aryl methyl sites for hydroxylation is 1. The summed E-state index contributed by atoms with van der Waals surface area (Å²) in [6.45, 7) is 3.52. The smallest absolute Gasteiger partial charge is 0.00683 e. The predicted molar refractivity (Wildman–Crippen MR) is 76.7 cm³/mol. The number of benzene rings is 1. The van der Waals surface area contributed by atoms with E-state index < -0.39 is 0 Å². The van der Waals surface area contributed by atoms with Crippen molar-refractivity contribution in [3.8, 4) is 0 Å². The van der Waals surface area contributed by atoms with Crippen molar-refractivity contribution in [3.63, 3.8) is 0 Å². The molecular formula is C17H25N. The summed E-state index contributed by atoms with van der Waals surface area (Å²) in [6.07, 6.45) is 8.43. The normalized spacial score (nSPS) is 27.6. The highest BCUT2D eigenvalue weighted by molar-refractivity contribution is 5.26. The fourth-order valence-corrected chi connectivity index (χ4v) is 3.38. The van der Waals surface area contributed by atoms with Gasteiger partial charge in [0.15, 0.2) is 0 Å². The van der Waals surface area contributed by atoms with Crippen LogP contribution in [0.3, 0.4) is 0 Å². The molecule has 2 atom stereocenters. The van der Waals surface area contributed by atoms with Crippen molar-refractivity contribution in [3.05, 3.63) is 35.4 Å². The first-order valence-electron chi connectivity index (χ1n) is 7.61. The highest BCUT2D eigenvalue weighted by atomic mass is 14.9. The lowest BCUT2D eigenvalue weighted by molar-refractivity contribution is 0.363. The number of hydrogen-bond donors (Lipinski definition) is 1. The van der Waals surface area contributed by atoms with Crippen LogP contribution in [-0.2, 0) is 6.42 Å². The van der Waals surface area contributed by atoms with E-state index >= 15 is 0 Å². The first kappa shape index (κ1) is 12.2.